The number of aromatic hydroxyl groups is 1. The maximum Gasteiger partial charge on any atom is 0.341 e. The largest absolute Gasteiger partial charge is 0.505 e. The van der Waals surface area contributed by atoms with Crippen LogP contribution in [0.4, 0.5) is 5.69 Å². The SMILES string of the molecule is CCCCOc1ccc(C(=O)NCC(=O)Nc2cccc(C(=O)OC)c2O)cc1. The van der Waals surface area contributed by atoms with Crippen LogP contribution < -0.4 is 15.4 Å². The van der Waals surface area contributed by atoms with Gasteiger partial charge in [0.1, 0.15) is 11.3 Å². The highest BCUT2D eigenvalue weighted by atomic mass is 16.5. The second-order valence-electron chi connectivity index (χ2n) is 6.15. The maximum atomic E-state index is 12.2. The van der Waals surface area contributed by atoms with E-state index in [-0.39, 0.29) is 17.8 Å². The fourth-order valence-corrected chi connectivity index (χ4v) is 2.41. The molecule has 0 radical (unpaired) electrons. The van der Waals surface area contributed by atoms with Crippen LogP contribution >= 0.6 is 0 Å². The van der Waals surface area contributed by atoms with E-state index < -0.39 is 23.5 Å². The number of ether oxygens (including phenoxy) is 2. The molecule has 2 aromatic carbocycles. The molecule has 0 atom stereocenters. The Bertz CT molecular complexity index is 864. The lowest BCUT2D eigenvalue weighted by Crippen LogP contribution is -2.32. The van der Waals surface area contributed by atoms with E-state index in [0.717, 1.165) is 12.8 Å². The van der Waals surface area contributed by atoms with Gasteiger partial charge in [0.25, 0.3) is 5.91 Å². The summed E-state index contributed by atoms with van der Waals surface area (Å²) < 4.78 is 10.1. The number of hydrogen-bond donors (Lipinski definition) is 3. The first-order valence-electron chi connectivity index (χ1n) is 9.17. The minimum Gasteiger partial charge on any atom is -0.505 e. The number of para-hydroxylation sites is 1. The predicted octanol–water partition coefficient (Wildman–Crippen LogP) is 2.73. The number of rotatable bonds is 9. The van der Waals surface area contributed by atoms with Gasteiger partial charge in [0.15, 0.2) is 5.75 Å². The van der Waals surface area contributed by atoms with Crippen molar-refractivity contribution in [2.75, 3.05) is 25.6 Å². The van der Waals surface area contributed by atoms with E-state index in [2.05, 4.69) is 22.3 Å². The topological polar surface area (TPSA) is 114 Å². The molecule has 8 heteroatoms. The summed E-state index contributed by atoms with van der Waals surface area (Å²) >= 11 is 0. The molecule has 3 N–H and O–H groups in total. The van der Waals surface area contributed by atoms with Gasteiger partial charge in [-0.2, -0.15) is 0 Å². The zero-order chi connectivity index (χ0) is 21.2. The molecule has 0 heterocycles. The maximum absolute atomic E-state index is 12.2. The Kier molecular flexibility index (Phi) is 8.02. The molecular formula is C21H24N2O6. The third-order valence-electron chi connectivity index (χ3n) is 4.01. The number of amides is 2. The fraction of sp³-hybridized carbons (Fsp3) is 0.286. The number of hydrogen-bond acceptors (Lipinski definition) is 6. The summed E-state index contributed by atoms with van der Waals surface area (Å²) in [5.41, 5.74) is 0.354. The zero-order valence-electron chi connectivity index (χ0n) is 16.4. The molecule has 2 rings (SSSR count). The molecule has 0 bridgehead atoms. The van der Waals surface area contributed by atoms with Gasteiger partial charge in [-0.05, 0) is 42.8 Å². The van der Waals surface area contributed by atoms with E-state index in [0.29, 0.717) is 17.9 Å². The minimum atomic E-state index is -0.728. The summed E-state index contributed by atoms with van der Waals surface area (Å²) in [6.07, 6.45) is 1.99. The number of unbranched alkanes of at least 4 members (excludes halogenated alkanes) is 1. The molecule has 154 valence electrons. The summed E-state index contributed by atoms with van der Waals surface area (Å²) in [4.78, 5) is 35.8. The molecule has 0 aliphatic rings. The monoisotopic (exact) mass is 400 g/mol. The summed E-state index contributed by atoms with van der Waals surface area (Å²) in [5.74, 6) is -1.44. The summed E-state index contributed by atoms with van der Waals surface area (Å²) in [7, 11) is 1.19. The Morgan fingerprint density at radius 2 is 1.79 bits per heavy atom. The van der Waals surface area contributed by atoms with Crippen LogP contribution in [0.25, 0.3) is 0 Å². The molecule has 2 amide bonds. The van der Waals surface area contributed by atoms with Crippen LogP contribution in [-0.2, 0) is 9.53 Å². The van der Waals surface area contributed by atoms with Crippen LogP contribution in [0, 0.1) is 0 Å². The summed E-state index contributed by atoms with van der Waals surface area (Å²) in [6, 6.07) is 10.9. The molecule has 0 saturated carbocycles. The Balaban J connectivity index is 1.89. The van der Waals surface area contributed by atoms with Crippen LogP contribution in [0.3, 0.4) is 0 Å². The fourth-order valence-electron chi connectivity index (χ4n) is 2.41. The van der Waals surface area contributed by atoms with Gasteiger partial charge >= 0.3 is 5.97 Å². The standard InChI is InChI=1S/C21H24N2O6/c1-3-4-12-29-15-10-8-14(9-11-15)20(26)22-13-18(24)23-17-7-5-6-16(19(17)25)21(27)28-2/h5-11,25H,3-4,12-13H2,1-2H3,(H,22,26)(H,23,24). The van der Waals surface area contributed by atoms with Crippen molar-refractivity contribution in [2.24, 2.45) is 0 Å². The van der Waals surface area contributed by atoms with E-state index in [1.165, 1.54) is 25.3 Å². The number of nitrogens with one attached hydrogen (secondary N) is 2. The zero-order valence-corrected chi connectivity index (χ0v) is 16.4. The number of benzene rings is 2. The van der Waals surface area contributed by atoms with Gasteiger partial charge in [-0.25, -0.2) is 4.79 Å². The van der Waals surface area contributed by atoms with Gasteiger partial charge in [0.05, 0.1) is 25.9 Å². The number of carbonyl (C=O) groups excluding carboxylic acids is 3. The van der Waals surface area contributed by atoms with Crippen molar-refractivity contribution < 1.29 is 29.0 Å². The van der Waals surface area contributed by atoms with E-state index in [1.54, 1.807) is 24.3 Å². The smallest absolute Gasteiger partial charge is 0.341 e. The van der Waals surface area contributed by atoms with Gasteiger partial charge in [0, 0.05) is 5.56 Å². The average Bonchev–Trinajstić information content (AvgIpc) is 2.73. The van der Waals surface area contributed by atoms with Crippen molar-refractivity contribution in [1.29, 1.82) is 0 Å². The lowest BCUT2D eigenvalue weighted by Gasteiger charge is -2.11. The molecule has 0 aromatic heterocycles. The Morgan fingerprint density at radius 1 is 1.07 bits per heavy atom. The first kappa shape index (κ1) is 21.7. The van der Waals surface area contributed by atoms with E-state index >= 15 is 0 Å². The van der Waals surface area contributed by atoms with Gasteiger partial charge in [-0.3, -0.25) is 9.59 Å². The van der Waals surface area contributed by atoms with Crippen molar-refractivity contribution in [2.45, 2.75) is 19.8 Å². The Morgan fingerprint density at radius 3 is 2.45 bits per heavy atom. The van der Waals surface area contributed by atoms with Crippen LogP contribution in [0.15, 0.2) is 42.5 Å². The summed E-state index contributed by atoms with van der Waals surface area (Å²) in [5, 5.41) is 15.0. The Hall–Kier alpha value is -3.55. The van der Waals surface area contributed by atoms with Gasteiger partial charge < -0.3 is 25.2 Å². The number of esters is 1. The molecular weight excluding hydrogens is 376 g/mol. The quantitative estimate of drug-likeness (QED) is 0.339. The predicted molar refractivity (Wildman–Crippen MR) is 107 cm³/mol. The van der Waals surface area contributed by atoms with Gasteiger partial charge in [0.2, 0.25) is 5.91 Å². The van der Waals surface area contributed by atoms with E-state index in [4.69, 9.17) is 4.74 Å². The van der Waals surface area contributed by atoms with Crippen LogP contribution in [0.1, 0.15) is 40.5 Å². The number of carbonyl (C=O) groups is 3. The van der Waals surface area contributed by atoms with Gasteiger partial charge in [-0.1, -0.05) is 19.4 Å². The van der Waals surface area contributed by atoms with Crippen molar-refractivity contribution in [3.8, 4) is 11.5 Å². The molecule has 0 saturated heterocycles. The lowest BCUT2D eigenvalue weighted by atomic mass is 10.1. The average molecular weight is 400 g/mol. The molecule has 29 heavy (non-hydrogen) atoms. The number of phenolic OH excluding ortho intramolecular Hbond substituents is 1. The van der Waals surface area contributed by atoms with E-state index in [9.17, 15) is 19.5 Å². The number of methoxy groups -OCH3 is 1. The molecule has 0 fully saturated rings. The molecule has 0 aliphatic carbocycles. The van der Waals surface area contributed by atoms with Crippen LogP contribution in [0.5, 0.6) is 11.5 Å². The van der Waals surface area contributed by atoms with E-state index in [1.807, 2.05) is 0 Å². The first-order chi connectivity index (χ1) is 14.0. The number of anilines is 1. The molecule has 0 spiro atoms. The Labute approximate surface area is 168 Å². The van der Waals surface area contributed by atoms with Crippen molar-refractivity contribution >= 4 is 23.5 Å². The second-order valence-corrected chi connectivity index (χ2v) is 6.15. The lowest BCUT2D eigenvalue weighted by molar-refractivity contribution is -0.115. The second kappa shape index (κ2) is 10.7. The highest BCUT2D eigenvalue weighted by Crippen LogP contribution is 2.27. The minimum absolute atomic E-state index is 0.0423. The van der Waals surface area contributed by atoms with Crippen molar-refractivity contribution in [3.63, 3.8) is 0 Å². The highest BCUT2D eigenvalue weighted by Gasteiger charge is 2.16. The first-order valence-corrected chi connectivity index (χ1v) is 9.17. The molecule has 0 aliphatic heterocycles. The van der Waals surface area contributed by atoms with Gasteiger partial charge in [-0.15, -0.1) is 0 Å². The van der Waals surface area contributed by atoms with Crippen LogP contribution in [-0.4, -0.2) is 43.2 Å². The third kappa shape index (κ3) is 6.24. The third-order valence-corrected chi connectivity index (χ3v) is 4.01. The summed E-state index contributed by atoms with van der Waals surface area (Å²) in [6.45, 7) is 2.38. The molecule has 0 unspecified atom stereocenters. The van der Waals surface area contributed by atoms with Crippen molar-refractivity contribution in [1.82, 2.24) is 5.32 Å². The molecule has 2 aromatic rings. The number of phenols is 1. The van der Waals surface area contributed by atoms with Crippen molar-refractivity contribution in [3.05, 3.63) is 53.6 Å². The molecule has 8 nitrogen and oxygen atoms in total. The van der Waals surface area contributed by atoms with Crippen LogP contribution in [0.2, 0.25) is 0 Å². The normalized spacial score (nSPS) is 10.1. The highest BCUT2D eigenvalue weighted by molar-refractivity contribution is 6.01.